The Balaban J connectivity index is 2.34. The molecule has 1 aromatic carbocycles. The van der Waals surface area contributed by atoms with Crippen molar-refractivity contribution in [2.24, 2.45) is 5.41 Å². The fraction of sp³-hybridized carbons (Fsp3) is 0.467. The van der Waals surface area contributed by atoms with Crippen molar-refractivity contribution >= 4 is 5.57 Å². The summed E-state index contributed by atoms with van der Waals surface area (Å²) >= 11 is 0. The number of rotatable bonds is 1. The highest BCUT2D eigenvalue weighted by molar-refractivity contribution is 5.67. The van der Waals surface area contributed by atoms with E-state index in [1.54, 1.807) is 0 Å². The molecule has 0 fully saturated rings. The summed E-state index contributed by atoms with van der Waals surface area (Å²) in [6.45, 7) is 6.55. The van der Waals surface area contributed by atoms with Crippen LogP contribution >= 0.6 is 0 Å². The van der Waals surface area contributed by atoms with Gasteiger partial charge in [-0.25, -0.2) is 0 Å². The number of aliphatic hydroxyl groups excluding tert-OH is 1. The molecule has 86 valence electrons. The van der Waals surface area contributed by atoms with Gasteiger partial charge in [0.25, 0.3) is 0 Å². The Bertz CT molecular complexity index is 415. The largest absolute Gasteiger partial charge is 0.389 e. The van der Waals surface area contributed by atoms with Gasteiger partial charge < -0.3 is 5.11 Å². The van der Waals surface area contributed by atoms with E-state index in [1.165, 1.54) is 16.7 Å². The lowest BCUT2D eigenvalue weighted by Crippen LogP contribution is -2.24. The fourth-order valence-electron chi connectivity index (χ4n) is 2.55. The molecular formula is C15H20O. The smallest absolute Gasteiger partial charge is 0.0732 e. The summed E-state index contributed by atoms with van der Waals surface area (Å²) < 4.78 is 0. The summed E-state index contributed by atoms with van der Waals surface area (Å²) in [7, 11) is 0. The number of hydrogen-bond donors (Lipinski definition) is 1. The zero-order valence-electron chi connectivity index (χ0n) is 10.3. The molecule has 0 aliphatic heterocycles. The van der Waals surface area contributed by atoms with Crippen LogP contribution in [0.25, 0.3) is 5.57 Å². The molecule has 16 heavy (non-hydrogen) atoms. The van der Waals surface area contributed by atoms with Crippen molar-refractivity contribution < 1.29 is 5.11 Å². The third-order valence-electron chi connectivity index (χ3n) is 3.21. The van der Waals surface area contributed by atoms with Crippen LogP contribution in [0, 0.1) is 12.3 Å². The van der Waals surface area contributed by atoms with Gasteiger partial charge in [-0.15, -0.1) is 0 Å². The van der Waals surface area contributed by atoms with Gasteiger partial charge in [0, 0.05) is 0 Å². The normalized spacial score (nSPS) is 24.0. The second kappa shape index (κ2) is 4.06. The minimum atomic E-state index is -0.292. The molecule has 1 aliphatic rings. The molecular weight excluding hydrogens is 196 g/mol. The summed E-state index contributed by atoms with van der Waals surface area (Å²) in [6, 6.07) is 8.51. The molecule has 0 saturated carbocycles. The Morgan fingerprint density at radius 2 is 2.06 bits per heavy atom. The van der Waals surface area contributed by atoms with E-state index in [0.717, 1.165) is 12.8 Å². The zero-order chi connectivity index (χ0) is 11.8. The lowest BCUT2D eigenvalue weighted by atomic mass is 9.74. The first-order chi connectivity index (χ1) is 7.46. The summed E-state index contributed by atoms with van der Waals surface area (Å²) in [5, 5.41) is 9.87. The lowest BCUT2D eigenvalue weighted by Gasteiger charge is -2.32. The highest BCUT2D eigenvalue weighted by atomic mass is 16.3. The Morgan fingerprint density at radius 1 is 1.31 bits per heavy atom. The quantitative estimate of drug-likeness (QED) is 0.761. The van der Waals surface area contributed by atoms with Gasteiger partial charge in [0.1, 0.15) is 0 Å². The minimum absolute atomic E-state index is 0.202. The van der Waals surface area contributed by atoms with E-state index >= 15 is 0 Å². The predicted octanol–water partition coefficient (Wildman–Crippen LogP) is 3.56. The molecule has 1 nitrogen and oxygen atoms in total. The van der Waals surface area contributed by atoms with Crippen LogP contribution in [0.1, 0.15) is 37.8 Å². The number of aliphatic hydroxyl groups is 1. The molecule has 0 bridgehead atoms. The Labute approximate surface area is 97.8 Å². The summed E-state index contributed by atoms with van der Waals surface area (Å²) in [5.74, 6) is 0. The average Bonchev–Trinajstić information content (AvgIpc) is 2.14. The van der Waals surface area contributed by atoms with E-state index in [1.807, 2.05) is 6.08 Å². The molecule has 0 amide bonds. The first-order valence-corrected chi connectivity index (χ1v) is 5.92. The highest BCUT2D eigenvalue weighted by Crippen LogP contribution is 2.39. The van der Waals surface area contributed by atoms with E-state index < -0.39 is 0 Å². The second-order valence-corrected chi connectivity index (χ2v) is 5.67. The average molecular weight is 216 g/mol. The van der Waals surface area contributed by atoms with E-state index in [-0.39, 0.29) is 11.5 Å². The monoisotopic (exact) mass is 216 g/mol. The third-order valence-corrected chi connectivity index (χ3v) is 3.21. The standard InChI is InChI=1S/C15H20O/c1-11-5-4-6-12(7-11)13-8-14(16)10-15(2,3)9-13/h4-8,14,16H,9-10H2,1-3H3. The number of allylic oxidation sites excluding steroid dienone is 1. The molecule has 0 heterocycles. The molecule has 1 atom stereocenters. The first-order valence-electron chi connectivity index (χ1n) is 5.92. The van der Waals surface area contributed by atoms with Crippen LogP contribution in [0.4, 0.5) is 0 Å². The Morgan fingerprint density at radius 3 is 2.69 bits per heavy atom. The predicted molar refractivity (Wildman–Crippen MR) is 68.2 cm³/mol. The van der Waals surface area contributed by atoms with E-state index in [2.05, 4.69) is 45.0 Å². The van der Waals surface area contributed by atoms with Crippen LogP contribution in [0.2, 0.25) is 0 Å². The van der Waals surface area contributed by atoms with Crippen LogP contribution in [0.15, 0.2) is 30.3 Å². The minimum Gasteiger partial charge on any atom is -0.389 e. The molecule has 1 heteroatoms. The van der Waals surface area contributed by atoms with Crippen molar-refractivity contribution in [2.75, 3.05) is 0 Å². The van der Waals surface area contributed by atoms with Crippen LogP contribution in [-0.2, 0) is 0 Å². The second-order valence-electron chi connectivity index (χ2n) is 5.67. The van der Waals surface area contributed by atoms with Gasteiger partial charge in [-0.1, -0.05) is 49.8 Å². The zero-order valence-corrected chi connectivity index (χ0v) is 10.3. The van der Waals surface area contributed by atoms with E-state index in [9.17, 15) is 5.11 Å². The Kier molecular flexibility index (Phi) is 2.90. The van der Waals surface area contributed by atoms with Crippen molar-refractivity contribution in [2.45, 2.75) is 39.7 Å². The molecule has 1 N–H and O–H groups in total. The molecule has 1 unspecified atom stereocenters. The number of aryl methyl sites for hydroxylation is 1. The fourth-order valence-corrected chi connectivity index (χ4v) is 2.55. The molecule has 0 radical (unpaired) electrons. The van der Waals surface area contributed by atoms with Crippen LogP contribution in [0.3, 0.4) is 0 Å². The molecule has 0 spiro atoms. The van der Waals surface area contributed by atoms with Gasteiger partial charge in [0.15, 0.2) is 0 Å². The first kappa shape index (κ1) is 11.4. The lowest BCUT2D eigenvalue weighted by molar-refractivity contribution is 0.146. The maximum atomic E-state index is 9.87. The van der Waals surface area contributed by atoms with Gasteiger partial charge in [0.2, 0.25) is 0 Å². The van der Waals surface area contributed by atoms with Crippen LogP contribution in [0.5, 0.6) is 0 Å². The molecule has 2 rings (SSSR count). The third kappa shape index (κ3) is 2.53. The van der Waals surface area contributed by atoms with Gasteiger partial charge in [0.05, 0.1) is 6.10 Å². The van der Waals surface area contributed by atoms with Crippen molar-refractivity contribution in [3.63, 3.8) is 0 Å². The molecule has 1 aromatic rings. The maximum Gasteiger partial charge on any atom is 0.0732 e. The van der Waals surface area contributed by atoms with Crippen molar-refractivity contribution in [3.8, 4) is 0 Å². The van der Waals surface area contributed by atoms with Crippen molar-refractivity contribution in [1.29, 1.82) is 0 Å². The van der Waals surface area contributed by atoms with Gasteiger partial charge in [-0.3, -0.25) is 0 Å². The SMILES string of the molecule is Cc1cccc(C2=CC(O)CC(C)(C)C2)c1. The molecule has 0 aromatic heterocycles. The molecule has 0 saturated heterocycles. The van der Waals surface area contributed by atoms with Gasteiger partial charge >= 0.3 is 0 Å². The number of hydrogen-bond acceptors (Lipinski definition) is 1. The van der Waals surface area contributed by atoms with Gasteiger partial charge in [-0.05, 0) is 36.3 Å². The summed E-state index contributed by atoms with van der Waals surface area (Å²) in [4.78, 5) is 0. The van der Waals surface area contributed by atoms with Gasteiger partial charge in [-0.2, -0.15) is 0 Å². The van der Waals surface area contributed by atoms with Crippen molar-refractivity contribution in [3.05, 3.63) is 41.5 Å². The van der Waals surface area contributed by atoms with Crippen LogP contribution in [-0.4, -0.2) is 11.2 Å². The summed E-state index contributed by atoms with van der Waals surface area (Å²) in [6.07, 6.45) is 3.63. The van der Waals surface area contributed by atoms with Crippen molar-refractivity contribution in [1.82, 2.24) is 0 Å². The number of benzene rings is 1. The molecule has 1 aliphatic carbocycles. The van der Waals surface area contributed by atoms with Crippen LogP contribution < -0.4 is 0 Å². The highest BCUT2D eigenvalue weighted by Gasteiger charge is 2.27. The topological polar surface area (TPSA) is 20.2 Å². The van der Waals surface area contributed by atoms with E-state index in [0.29, 0.717) is 0 Å². The summed E-state index contributed by atoms with van der Waals surface area (Å²) in [5.41, 5.74) is 4.02. The van der Waals surface area contributed by atoms with E-state index in [4.69, 9.17) is 0 Å². The maximum absolute atomic E-state index is 9.87. The Hall–Kier alpha value is -1.08.